The monoisotopic (exact) mass is 502 g/mol. The normalized spacial score (nSPS) is 12.7. The van der Waals surface area contributed by atoms with E-state index in [2.05, 4.69) is 15.0 Å². The number of allylic oxidation sites excluding steroid dienone is 2. The summed E-state index contributed by atoms with van der Waals surface area (Å²) in [7, 11) is 0. The minimum Gasteiger partial charge on any atom is -0.481 e. The van der Waals surface area contributed by atoms with Crippen LogP contribution in [0.15, 0.2) is 48.5 Å². The minimum atomic E-state index is -0.815. The van der Waals surface area contributed by atoms with Crippen molar-refractivity contribution in [3.05, 3.63) is 71.3 Å². The zero-order valence-electron chi connectivity index (χ0n) is 16.8. The van der Waals surface area contributed by atoms with E-state index in [4.69, 9.17) is 10.1 Å². The predicted molar refractivity (Wildman–Crippen MR) is 119 cm³/mol. The van der Waals surface area contributed by atoms with Gasteiger partial charge in [0, 0.05) is 28.5 Å². The summed E-state index contributed by atoms with van der Waals surface area (Å²) in [5.74, 6) is -0.815. The van der Waals surface area contributed by atoms with E-state index in [0.29, 0.717) is 6.42 Å². The van der Waals surface area contributed by atoms with E-state index >= 15 is 0 Å². The van der Waals surface area contributed by atoms with Gasteiger partial charge in [0.1, 0.15) is 0 Å². The third-order valence-electron chi connectivity index (χ3n) is 5.31. The SMILES string of the molecule is CC1=C(CCC(=O)O)c2cc3ccc(cc4ccc(cc5nc(cc1n2)C=C5)[nH]4)[nH]3.[Pd+2]. The number of fused-ring (bicyclic) bond motifs is 8. The zero-order valence-corrected chi connectivity index (χ0v) is 18.3. The first-order valence-corrected chi connectivity index (χ1v) is 9.82. The van der Waals surface area contributed by atoms with Gasteiger partial charge in [0.05, 0.1) is 22.8 Å². The minimum absolute atomic E-state index is 0. The van der Waals surface area contributed by atoms with Crippen molar-refractivity contribution in [2.24, 2.45) is 0 Å². The van der Waals surface area contributed by atoms with Crippen LogP contribution in [0.2, 0.25) is 0 Å². The molecule has 0 aromatic carbocycles. The average molecular weight is 503 g/mol. The van der Waals surface area contributed by atoms with Gasteiger partial charge in [0.2, 0.25) is 0 Å². The molecule has 0 aliphatic carbocycles. The number of hydrogen-bond donors (Lipinski definition) is 3. The molecule has 0 amide bonds. The van der Waals surface area contributed by atoms with Crippen molar-refractivity contribution in [1.82, 2.24) is 19.9 Å². The molecule has 0 spiro atoms. The molecular weight excluding hydrogens is 483 g/mol. The molecule has 0 saturated carbocycles. The Hall–Kier alpha value is -3.27. The van der Waals surface area contributed by atoms with E-state index in [1.54, 1.807) is 0 Å². The molecule has 5 rings (SSSR count). The van der Waals surface area contributed by atoms with Crippen LogP contribution in [0, 0.1) is 0 Å². The van der Waals surface area contributed by atoms with Gasteiger partial charge in [-0.2, -0.15) is 0 Å². The molecule has 3 N–H and O–H groups in total. The van der Waals surface area contributed by atoms with Crippen LogP contribution in [0.3, 0.4) is 0 Å². The first-order valence-electron chi connectivity index (χ1n) is 9.82. The summed E-state index contributed by atoms with van der Waals surface area (Å²) in [6, 6.07) is 16.0. The molecular formula is C24H20N4O2Pd+2. The quantitative estimate of drug-likeness (QED) is 0.332. The predicted octanol–water partition coefficient (Wildman–Crippen LogP) is 5.28. The van der Waals surface area contributed by atoms with Crippen molar-refractivity contribution in [3.8, 4) is 0 Å². The molecule has 0 saturated heterocycles. The molecule has 156 valence electrons. The molecule has 2 aliphatic rings. The third kappa shape index (κ3) is 4.43. The number of nitrogens with zero attached hydrogens (tertiary/aromatic N) is 2. The Kier molecular flexibility index (Phi) is 5.73. The summed E-state index contributed by atoms with van der Waals surface area (Å²) >= 11 is 0. The van der Waals surface area contributed by atoms with Gasteiger partial charge in [-0.15, -0.1) is 0 Å². The maximum absolute atomic E-state index is 11.2. The van der Waals surface area contributed by atoms with Crippen LogP contribution in [0.1, 0.15) is 42.5 Å². The number of aromatic amines is 2. The van der Waals surface area contributed by atoms with Gasteiger partial charge in [-0.05, 0) is 85.2 Å². The first kappa shape index (κ1) is 21.0. The molecule has 8 bridgehead atoms. The Morgan fingerprint density at radius 3 is 2.06 bits per heavy atom. The number of hydrogen-bond acceptors (Lipinski definition) is 3. The molecule has 2 aliphatic heterocycles. The fourth-order valence-corrected chi connectivity index (χ4v) is 3.80. The van der Waals surface area contributed by atoms with E-state index < -0.39 is 5.97 Å². The fraction of sp³-hybridized carbons (Fsp3) is 0.125. The summed E-state index contributed by atoms with van der Waals surface area (Å²) in [6.07, 6.45) is 4.44. The first-order chi connectivity index (χ1) is 14.5. The maximum Gasteiger partial charge on any atom is 2.00 e. The second kappa shape index (κ2) is 8.46. The maximum atomic E-state index is 11.2. The van der Waals surface area contributed by atoms with Crippen molar-refractivity contribution in [2.45, 2.75) is 19.8 Å². The zero-order chi connectivity index (χ0) is 20.7. The average Bonchev–Trinajstić information content (AvgIpc) is 3.47. The number of aliphatic carboxylic acids is 1. The van der Waals surface area contributed by atoms with Crippen LogP contribution in [-0.2, 0) is 25.2 Å². The summed E-state index contributed by atoms with van der Waals surface area (Å²) in [4.78, 5) is 27.4. The number of aromatic nitrogens is 4. The molecule has 6 nitrogen and oxygen atoms in total. The van der Waals surface area contributed by atoms with Gasteiger partial charge in [0.25, 0.3) is 0 Å². The van der Waals surface area contributed by atoms with E-state index in [0.717, 1.165) is 56.0 Å². The topological polar surface area (TPSA) is 94.7 Å². The molecule has 3 aromatic rings. The van der Waals surface area contributed by atoms with Crippen LogP contribution in [0.5, 0.6) is 0 Å². The number of carboxylic acid groups (broad SMARTS) is 1. The molecule has 3 aromatic heterocycles. The van der Waals surface area contributed by atoms with Gasteiger partial charge in [0.15, 0.2) is 0 Å². The van der Waals surface area contributed by atoms with Crippen LogP contribution >= 0.6 is 0 Å². The number of H-pyrrole nitrogens is 2. The van der Waals surface area contributed by atoms with Gasteiger partial charge < -0.3 is 15.1 Å². The Morgan fingerprint density at radius 2 is 1.42 bits per heavy atom. The second-order valence-electron chi connectivity index (χ2n) is 7.49. The number of nitrogens with one attached hydrogen (secondary N) is 2. The Bertz CT molecular complexity index is 1400. The molecule has 0 atom stereocenters. The van der Waals surface area contributed by atoms with E-state index in [-0.39, 0.29) is 26.8 Å². The number of carboxylic acids is 1. The molecule has 7 heteroatoms. The smallest absolute Gasteiger partial charge is 0.481 e. The molecule has 0 radical (unpaired) electrons. The molecule has 31 heavy (non-hydrogen) atoms. The van der Waals surface area contributed by atoms with Crippen LogP contribution in [0.25, 0.3) is 45.4 Å². The van der Waals surface area contributed by atoms with E-state index in [9.17, 15) is 4.79 Å². The van der Waals surface area contributed by atoms with Crippen LogP contribution in [-0.4, -0.2) is 31.0 Å². The Balaban J connectivity index is 0.00000231. The third-order valence-corrected chi connectivity index (χ3v) is 5.31. The van der Waals surface area contributed by atoms with Crippen LogP contribution < -0.4 is 0 Å². The van der Waals surface area contributed by atoms with Gasteiger partial charge in [-0.1, -0.05) is 0 Å². The van der Waals surface area contributed by atoms with Gasteiger partial charge in [-0.3, -0.25) is 4.79 Å². The van der Waals surface area contributed by atoms with E-state index in [1.807, 2.05) is 67.6 Å². The largest absolute Gasteiger partial charge is 2.00 e. The Labute approximate surface area is 192 Å². The van der Waals surface area contributed by atoms with Crippen molar-refractivity contribution in [3.63, 3.8) is 0 Å². The summed E-state index contributed by atoms with van der Waals surface area (Å²) in [5, 5.41) is 9.16. The Morgan fingerprint density at radius 1 is 0.839 bits per heavy atom. The second-order valence-corrected chi connectivity index (χ2v) is 7.49. The standard InChI is InChI=1S/C24H20N4O2.Pd/c1-14-21(8-9-24(29)30)23-13-20-7-5-18(27-20)11-16-3-2-15(25-16)10-17-4-6-19(26-17)12-22(14)28-23;/h2-7,10-13,25,27H,8-9H2,1H3,(H,29,30);/q;+2. The molecule has 0 unspecified atom stereocenters. The summed E-state index contributed by atoms with van der Waals surface area (Å²) in [6.45, 7) is 1.99. The van der Waals surface area contributed by atoms with Crippen molar-refractivity contribution in [1.29, 1.82) is 0 Å². The van der Waals surface area contributed by atoms with Crippen molar-refractivity contribution < 1.29 is 30.3 Å². The van der Waals surface area contributed by atoms with Gasteiger partial charge >= 0.3 is 26.4 Å². The van der Waals surface area contributed by atoms with Gasteiger partial charge in [-0.25, -0.2) is 9.97 Å². The summed E-state index contributed by atoms with van der Waals surface area (Å²) in [5.41, 5.74) is 9.12. The number of rotatable bonds is 3. The van der Waals surface area contributed by atoms with Crippen LogP contribution in [0.4, 0.5) is 0 Å². The summed E-state index contributed by atoms with van der Waals surface area (Å²) < 4.78 is 0. The molecule has 0 fully saturated rings. The molecule has 5 heterocycles. The van der Waals surface area contributed by atoms with Crippen molar-refractivity contribution >= 4 is 51.3 Å². The van der Waals surface area contributed by atoms with Crippen molar-refractivity contribution in [2.75, 3.05) is 0 Å². The van der Waals surface area contributed by atoms with E-state index in [1.165, 1.54) is 0 Å². The fourth-order valence-electron chi connectivity index (χ4n) is 3.80. The number of carbonyl (C=O) groups is 1.